The minimum absolute atomic E-state index is 0. The number of H-pyrrole nitrogens is 1. The summed E-state index contributed by atoms with van der Waals surface area (Å²) >= 11 is 0. The maximum absolute atomic E-state index is 17.3. The molecule has 137 heavy (non-hydrogen) atoms. The number of aromatic nitrogens is 12. The second kappa shape index (κ2) is 39.8. The summed E-state index contributed by atoms with van der Waals surface area (Å²) in [6, 6.07) is 142. The molecule has 26 aromatic rings. The molecule has 8 aromatic heterocycles. The fourth-order valence-corrected chi connectivity index (χ4v) is 19.3. The van der Waals surface area contributed by atoms with Crippen LogP contribution >= 0.6 is 0 Å². The Morgan fingerprint density at radius 1 is 0.292 bits per heavy atom. The van der Waals surface area contributed by atoms with Crippen LogP contribution in [-0.4, -0.2) is 71.3 Å². The molecule has 0 unspecified atom stereocenters. The van der Waals surface area contributed by atoms with E-state index in [0.29, 0.717) is 29.0 Å². The van der Waals surface area contributed by atoms with Gasteiger partial charge in [0.25, 0.3) is 6.47 Å². The second-order valence-corrected chi connectivity index (χ2v) is 32.1. The predicted molar refractivity (Wildman–Crippen MR) is 537 cm³/mol. The molecule has 0 amide bonds. The first-order valence-electron chi connectivity index (χ1n) is 44.5. The molecule has 21 heteroatoms. The molecule has 26 rings (SSSR count). The Labute approximate surface area is 903 Å². The van der Waals surface area contributed by atoms with Gasteiger partial charge in [-0.25, -0.2) is 43.1 Å². The third-order valence-electron chi connectivity index (χ3n) is 24.7. The van der Waals surface area contributed by atoms with Crippen LogP contribution in [0.3, 0.4) is 0 Å². The van der Waals surface area contributed by atoms with Gasteiger partial charge in [-0.05, 0) is 109 Å². The molecule has 0 radical (unpaired) electrons. The van der Waals surface area contributed by atoms with Crippen molar-refractivity contribution in [2.24, 2.45) is 0 Å². The zero-order valence-electron chi connectivity index (χ0n) is 75.9. The average Bonchev–Trinajstić information content (AvgIpc) is 1.50. The van der Waals surface area contributed by atoms with E-state index < -0.39 is 24.6 Å². The summed E-state index contributed by atoms with van der Waals surface area (Å²) in [6.07, 6.45) is 0. The van der Waals surface area contributed by atoms with Crippen molar-refractivity contribution in [3.05, 3.63) is 442 Å². The number of aromatic amines is 1. The Balaban J connectivity index is 0.000000145. The molecule has 8 heterocycles. The zero-order chi connectivity index (χ0) is 91.9. The number of hydrogen-bond donors (Lipinski definition) is 1. The van der Waals surface area contributed by atoms with E-state index in [4.69, 9.17) is 26.4 Å². The van der Waals surface area contributed by atoms with E-state index in [1.54, 1.807) is 6.07 Å². The van der Waals surface area contributed by atoms with E-state index in [1.807, 2.05) is 127 Å². The molecule has 0 saturated heterocycles. The summed E-state index contributed by atoms with van der Waals surface area (Å²) in [5, 5.41) is 22.5. The molecule has 0 aliphatic carbocycles. The monoisotopic (exact) mass is 2030 g/mol. The molecule has 0 aliphatic heterocycles. The molecule has 0 aliphatic rings. The summed E-state index contributed by atoms with van der Waals surface area (Å²) < 4.78 is 73.4. The van der Waals surface area contributed by atoms with Crippen LogP contribution in [0.15, 0.2) is 425 Å². The van der Waals surface area contributed by atoms with Gasteiger partial charge in [-0.3, -0.25) is 9.18 Å². The standard InChI is InChI=1S/C57H35FN6.C36H23N3.C21H13F2N3.CH3F.CH2O3.2Cs.H2.H/c58-43-31-19-35-47(51(43)57-60-55(36-20-5-1-6-21-36)59-56(61-57)37-22-7-2-8-23-37)64-46-34-18-15-30-42(46)50-53-48(40-28-13-16-32-44(40)62(53)38-24-9-3-10-25-38)52-49(54(50)64)41-29-14-17-33-45(41)63(52)39-26-11-4-12-27-39;1-3-13-23(14-4-1)38-29-21-11-8-18-26(29)32-34-31(25-17-7-10-20-28(25)37-34)35-33(36(32)38)27-19-9-12-22-30(27)39(35)24-15-5-2-6-16-24;22-16-12-7-13-17(23)18(16)21-25-19(14-8-3-1-4-9-14)24-20(26-21)15-10-5-2-6-11-15;1-2;2-1-4-3;;;;/h1-35H;1-22,37H;1-13H;1H3;1,3H;;;1H;/q;;;;;2*+1;;-1/p-1/i;;;1D;;;;;. The van der Waals surface area contributed by atoms with Crippen LogP contribution < -0.4 is 143 Å². The van der Waals surface area contributed by atoms with Gasteiger partial charge in [0, 0.05) is 117 Å². The van der Waals surface area contributed by atoms with Crippen LogP contribution in [0.5, 0.6) is 0 Å². The summed E-state index contributed by atoms with van der Waals surface area (Å²) in [6.45, 7) is -0.181. The third-order valence-corrected chi connectivity index (χ3v) is 24.7. The second-order valence-electron chi connectivity index (χ2n) is 32.1. The van der Waals surface area contributed by atoms with Crippen molar-refractivity contribution in [3.63, 3.8) is 0 Å². The largest absolute Gasteiger partial charge is 1.00 e. The summed E-state index contributed by atoms with van der Waals surface area (Å²) in [4.78, 5) is 43.4. The molecule has 18 aromatic carbocycles. The van der Waals surface area contributed by atoms with Crippen LogP contribution in [0.25, 0.3) is 228 Å². The molecule has 0 spiro atoms. The van der Waals surface area contributed by atoms with E-state index in [9.17, 15) is 13.2 Å². The number of hydrogen-bond acceptors (Lipinski definition) is 9. The topological polar surface area (TPSA) is 167 Å². The van der Waals surface area contributed by atoms with E-state index in [-0.39, 0.29) is 170 Å². The minimum Gasteiger partial charge on any atom is -1.00 e. The number of para-hydroxylation sites is 10. The van der Waals surface area contributed by atoms with Crippen molar-refractivity contribution >= 4 is 137 Å². The van der Waals surface area contributed by atoms with Crippen LogP contribution in [0.1, 0.15) is 4.22 Å². The fourth-order valence-electron chi connectivity index (χ4n) is 19.3. The van der Waals surface area contributed by atoms with Gasteiger partial charge in [-0.1, -0.05) is 315 Å². The maximum Gasteiger partial charge on any atom is 1.00 e. The molecule has 15 nitrogen and oxygen atoms in total. The molecule has 1 N–H and O–H groups in total. The van der Waals surface area contributed by atoms with Crippen LogP contribution in [-0.2, 0) is 9.68 Å². The number of carbonyl (C=O) groups excluding carboxylic acids is 1. The van der Waals surface area contributed by atoms with Crippen molar-refractivity contribution in [3.8, 4) is 96.8 Å². The molecule has 0 saturated carbocycles. The van der Waals surface area contributed by atoms with Crippen molar-refractivity contribution < 1.29 is 175 Å². The summed E-state index contributed by atoms with van der Waals surface area (Å²) in [7, 11) is -1.00. The fraction of sp³-hybridized carbons (Fsp3) is 0.00862. The molecule has 0 bridgehead atoms. The van der Waals surface area contributed by atoms with Gasteiger partial charge in [0.05, 0.1) is 86.0 Å². The maximum atomic E-state index is 17.3. The smallest absolute Gasteiger partial charge is 1.00 e. The first kappa shape index (κ1) is 89.6. The van der Waals surface area contributed by atoms with Crippen molar-refractivity contribution in [2.75, 3.05) is 7.15 Å². The normalized spacial score (nSPS) is 11.3. The Kier molecular flexibility index (Phi) is 26.0. The molecular weight excluding hydrogens is 1950 g/mol. The van der Waals surface area contributed by atoms with Gasteiger partial charge in [0.15, 0.2) is 34.9 Å². The van der Waals surface area contributed by atoms with Gasteiger partial charge < -0.3 is 39.4 Å². The number of fused-ring (bicyclic) bond motifs is 24. The third kappa shape index (κ3) is 16.2. The number of nitrogens with one attached hydrogen (secondary N) is 1. The van der Waals surface area contributed by atoms with E-state index in [0.717, 1.165) is 116 Å². The first-order chi connectivity index (χ1) is 67.2. The van der Waals surface area contributed by atoms with Gasteiger partial charge in [0.2, 0.25) is 0 Å². The van der Waals surface area contributed by atoms with Crippen LogP contribution in [0.2, 0.25) is 0 Å². The Morgan fingerprint density at radius 2 is 0.518 bits per heavy atom. The number of benzene rings is 18. The predicted octanol–water partition coefficient (Wildman–Crippen LogP) is 22.4. The van der Waals surface area contributed by atoms with Gasteiger partial charge in [0.1, 0.15) is 17.5 Å². The Bertz CT molecular complexity index is 8770. The zero-order valence-corrected chi connectivity index (χ0v) is 86.4. The quantitative estimate of drug-likeness (QED) is 0.0542. The molecular formula is C116H78Cs2F4N12O3. The van der Waals surface area contributed by atoms with Crippen molar-refractivity contribution in [1.29, 1.82) is 0 Å². The Morgan fingerprint density at radius 3 is 0.839 bits per heavy atom. The van der Waals surface area contributed by atoms with E-state index in [2.05, 4.69) is 315 Å². The van der Waals surface area contributed by atoms with Crippen LogP contribution in [0, 0.1) is 17.5 Å². The average molecular weight is 2030 g/mol. The summed E-state index contributed by atoms with van der Waals surface area (Å²) in [5.41, 5.74) is 21.6. The summed E-state index contributed by atoms with van der Waals surface area (Å²) in [5.74, 6) is -0.0122. The molecule has 650 valence electrons. The number of alkyl halides is 1. The SMILES string of the molecule is Fc1cccc(-n2c3ccccc3c3c4c(c5ccccc5n4-c4ccccc4)c4c(c5ccccc5n4-c4ccccc4)c32)c1-c1nc(-c2ccccc2)nc(-c2ccccc2)n1.Fc1cccc(F)c1-c1nc(-c2ccccc2)nc(-c2ccccc2)n1.O=CO[O-].[2H]CF.[Cs+].[Cs+].[H-].[HH].c1ccc(-n2c3ccccc3c3c4[nH]c5ccccc5c4c4c(c5ccccc5n4-c4ccccc4)c32)cc1. The first-order valence-corrected chi connectivity index (χ1v) is 43.7. The van der Waals surface area contributed by atoms with Gasteiger partial charge >= 0.3 is 138 Å². The van der Waals surface area contributed by atoms with Crippen LogP contribution in [0.4, 0.5) is 17.6 Å². The van der Waals surface area contributed by atoms with Crippen molar-refractivity contribution in [1.82, 2.24) is 57.7 Å². The van der Waals surface area contributed by atoms with Gasteiger partial charge in [-0.15, -0.1) is 0 Å². The van der Waals surface area contributed by atoms with E-state index >= 15 is 4.39 Å². The molecule has 0 atom stereocenters. The Hall–Kier alpha value is -14.0. The van der Waals surface area contributed by atoms with Crippen molar-refractivity contribution in [2.45, 2.75) is 0 Å². The number of rotatable bonds is 12. The van der Waals surface area contributed by atoms with E-state index in [1.165, 1.54) is 84.2 Å². The number of carbonyl (C=O) groups is 1. The number of nitrogens with zero attached hydrogens (tertiary/aromatic N) is 11. The molecule has 0 fully saturated rings. The number of halogens is 4. The van der Waals surface area contributed by atoms with Gasteiger partial charge in [-0.2, -0.15) is 0 Å². The minimum atomic E-state index is -1.00.